The maximum absolute atomic E-state index is 14.2. The molecule has 3 aliphatic rings. The highest BCUT2D eigenvalue weighted by Gasteiger charge is 2.43. The van der Waals surface area contributed by atoms with Crippen LogP contribution in [0.2, 0.25) is 5.02 Å². The monoisotopic (exact) mass is 539 g/mol. The Hall–Kier alpha value is -3.20. The lowest BCUT2D eigenvalue weighted by Crippen LogP contribution is -2.50. The Morgan fingerprint density at radius 2 is 1.92 bits per heavy atom. The van der Waals surface area contributed by atoms with Crippen LogP contribution in [-0.2, 0) is 27.4 Å². The van der Waals surface area contributed by atoms with Crippen molar-refractivity contribution in [2.75, 3.05) is 26.7 Å². The van der Waals surface area contributed by atoms with Gasteiger partial charge < -0.3 is 19.9 Å². The summed E-state index contributed by atoms with van der Waals surface area (Å²) in [6.07, 6.45) is 10.0. The molecule has 5 rings (SSSR count). The van der Waals surface area contributed by atoms with Gasteiger partial charge in [0.15, 0.2) is 0 Å². The van der Waals surface area contributed by atoms with Crippen LogP contribution in [0.3, 0.4) is 0 Å². The van der Waals surface area contributed by atoms with Crippen molar-refractivity contribution in [1.29, 1.82) is 0 Å². The first-order valence-corrected chi connectivity index (χ1v) is 13.8. The van der Waals surface area contributed by atoms with Gasteiger partial charge in [-0.1, -0.05) is 24.4 Å². The minimum atomic E-state index is -0.420. The maximum Gasteiger partial charge on any atom is 0.227 e. The zero-order chi connectivity index (χ0) is 26.6. The van der Waals surface area contributed by atoms with Gasteiger partial charge in [-0.3, -0.25) is 24.4 Å². The van der Waals surface area contributed by atoms with Crippen LogP contribution in [0.15, 0.2) is 30.7 Å². The summed E-state index contributed by atoms with van der Waals surface area (Å²) in [7, 11) is 1.63. The van der Waals surface area contributed by atoms with E-state index in [4.69, 9.17) is 16.3 Å². The molecule has 2 aromatic rings. The van der Waals surface area contributed by atoms with E-state index in [0.29, 0.717) is 61.8 Å². The summed E-state index contributed by atoms with van der Waals surface area (Å²) < 4.78 is 6.25. The van der Waals surface area contributed by atoms with Gasteiger partial charge in [-0.05, 0) is 43.4 Å². The second kappa shape index (κ2) is 11.7. The van der Waals surface area contributed by atoms with Gasteiger partial charge in [-0.25, -0.2) is 0 Å². The van der Waals surface area contributed by atoms with E-state index in [2.05, 4.69) is 15.3 Å². The van der Waals surface area contributed by atoms with Gasteiger partial charge in [-0.2, -0.15) is 0 Å². The minimum absolute atomic E-state index is 0.0274. The molecule has 3 heterocycles. The molecular formula is C28H34ClN5O4. The molecule has 10 heteroatoms. The van der Waals surface area contributed by atoms with Crippen LogP contribution in [0, 0.1) is 11.8 Å². The van der Waals surface area contributed by atoms with Crippen molar-refractivity contribution < 1.29 is 19.1 Å². The fraction of sp³-hybridized carbons (Fsp3) is 0.536. The van der Waals surface area contributed by atoms with Crippen molar-refractivity contribution in [2.24, 2.45) is 11.8 Å². The Balaban J connectivity index is 1.51. The van der Waals surface area contributed by atoms with E-state index < -0.39 is 6.04 Å². The normalized spacial score (nSPS) is 23.2. The summed E-state index contributed by atoms with van der Waals surface area (Å²) >= 11 is 6.69. The van der Waals surface area contributed by atoms with Crippen molar-refractivity contribution in [3.8, 4) is 5.75 Å². The first-order chi connectivity index (χ1) is 18.5. The van der Waals surface area contributed by atoms with Crippen molar-refractivity contribution in [3.05, 3.63) is 52.6 Å². The lowest BCUT2D eigenvalue weighted by atomic mass is 9.77. The summed E-state index contributed by atoms with van der Waals surface area (Å²) in [6.45, 7) is 1.72. The summed E-state index contributed by atoms with van der Waals surface area (Å²) in [6, 6.07) is 3.24. The third kappa shape index (κ3) is 5.34. The second-order valence-electron chi connectivity index (χ2n) is 10.3. The predicted octanol–water partition coefficient (Wildman–Crippen LogP) is 3.31. The standard InChI is InChI=1S/C28H34ClN5O4/c1-30-27(36)19-5-2-3-6-20(19)28(37)34-14-10-21-22(29)8-9-24(38-17-18-15-31-11-12-32-18)26(21)23(34)16-33-13-4-7-25(33)35/h8-9,11-12,15,19-20,23H,2-7,10,13-14,16-17H2,1H3,(H,30,36)/t19-,20?,23-/m1/s1. The van der Waals surface area contributed by atoms with Crippen LogP contribution < -0.4 is 10.1 Å². The number of benzene rings is 1. The maximum atomic E-state index is 14.2. The predicted molar refractivity (Wildman–Crippen MR) is 141 cm³/mol. The van der Waals surface area contributed by atoms with Crippen molar-refractivity contribution >= 4 is 29.3 Å². The number of rotatable bonds is 7. The molecule has 202 valence electrons. The zero-order valence-corrected chi connectivity index (χ0v) is 22.5. The Morgan fingerprint density at radius 1 is 1.11 bits per heavy atom. The topological polar surface area (TPSA) is 105 Å². The Bertz CT molecular complexity index is 1190. The van der Waals surface area contributed by atoms with Crippen LogP contribution in [0.1, 0.15) is 61.4 Å². The van der Waals surface area contributed by atoms with Crippen LogP contribution in [0.25, 0.3) is 0 Å². The SMILES string of the molecule is CNC(=O)[C@@H]1CCCCC1C(=O)N1CCc2c(Cl)ccc(OCc3cnccn3)c2[C@H]1CN1CCCC1=O. The molecular weight excluding hydrogens is 506 g/mol. The van der Waals surface area contributed by atoms with Gasteiger partial charge >= 0.3 is 0 Å². The van der Waals surface area contributed by atoms with E-state index in [1.807, 2.05) is 21.9 Å². The number of halogens is 1. The molecule has 1 N–H and O–H groups in total. The van der Waals surface area contributed by atoms with Crippen molar-refractivity contribution in [2.45, 2.75) is 57.6 Å². The third-order valence-electron chi connectivity index (χ3n) is 8.08. The third-order valence-corrected chi connectivity index (χ3v) is 8.43. The summed E-state index contributed by atoms with van der Waals surface area (Å²) in [5.41, 5.74) is 2.46. The average Bonchev–Trinajstić information content (AvgIpc) is 3.36. The highest BCUT2D eigenvalue weighted by molar-refractivity contribution is 6.31. The molecule has 1 aromatic heterocycles. The fourth-order valence-electron chi connectivity index (χ4n) is 6.16. The largest absolute Gasteiger partial charge is 0.487 e. The minimum Gasteiger partial charge on any atom is -0.487 e. The molecule has 0 bridgehead atoms. The Kier molecular flexibility index (Phi) is 8.12. The van der Waals surface area contributed by atoms with Gasteiger partial charge in [-0.15, -0.1) is 0 Å². The molecule has 1 saturated carbocycles. The van der Waals surface area contributed by atoms with E-state index in [1.165, 1.54) is 0 Å². The highest BCUT2D eigenvalue weighted by atomic mass is 35.5. The number of ether oxygens (including phenoxy) is 1. The van der Waals surface area contributed by atoms with Crippen LogP contribution in [0.4, 0.5) is 0 Å². The van der Waals surface area contributed by atoms with Crippen LogP contribution in [-0.4, -0.2) is 64.2 Å². The van der Waals surface area contributed by atoms with E-state index in [9.17, 15) is 14.4 Å². The zero-order valence-electron chi connectivity index (χ0n) is 21.7. The Labute approximate surface area is 227 Å². The molecule has 0 radical (unpaired) electrons. The number of nitrogens with one attached hydrogen (secondary N) is 1. The molecule has 3 amide bonds. The molecule has 1 saturated heterocycles. The van der Waals surface area contributed by atoms with Gasteiger partial charge in [0.25, 0.3) is 0 Å². The average molecular weight is 540 g/mol. The van der Waals surface area contributed by atoms with E-state index >= 15 is 0 Å². The number of hydrogen-bond acceptors (Lipinski definition) is 6. The number of carbonyl (C=O) groups is 3. The first-order valence-electron chi connectivity index (χ1n) is 13.5. The molecule has 9 nitrogen and oxygen atoms in total. The fourth-order valence-corrected chi connectivity index (χ4v) is 6.42. The molecule has 1 aliphatic carbocycles. The van der Waals surface area contributed by atoms with Crippen LogP contribution >= 0.6 is 11.6 Å². The lowest BCUT2D eigenvalue weighted by Gasteiger charge is -2.43. The number of amides is 3. The van der Waals surface area contributed by atoms with Gasteiger partial charge in [0.2, 0.25) is 17.7 Å². The molecule has 0 spiro atoms. The smallest absolute Gasteiger partial charge is 0.227 e. The molecule has 38 heavy (non-hydrogen) atoms. The molecule has 1 unspecified atom stereocenters. The summed E-state index contributed by atoms with van der Waals surface area (Å²) in [5.74, 6) is -0.123. The molecule has 1 aromatic carbocycles. The van der Waals surface area contributed by atoms with Crippen LogP contribution in [0.5, 0.6) is 5.75 Å². The van der Waals surface area contributed by atoms with Gasteiger partial charge in [0.05, 0.1) is 17.9 Å². The van der Waals surface area contributed by atoms with E-state index in [0.717, 1.165) is 30.4 Å². The Morgan fingerprint density at radius 3 is 2.63 bits per heavy atom. The first kappa shape index (κ1) is 26.4. The highest BCUT2D eigenvalue weighted by Crippen LogP contribution is 2.43. The number of hydrogen-bond donors (Lipinski definition) is 1. The van der Waals surface area contributed by atoms with E-state index in [-0.39, 0.29) is 36.2 Å². The second-order valence-corrected chi connectivity index (χ2v) is 10.7. The number of likely N-dealkylation sites (tertiary alicyclic amines) is 1. The summed E-state index contributed by atoms with van der Waals surface area (Å²) in [4.78, 5) is 51.7. The van der Waals surface area contributed by atoms with Gasteiger partial charge in [0.1, 0.15) is 12.4 Å². The molecule has 2 aliphatic heterocycles. The molecule has 3 atom stereocenters. The molecule has 2 fully saturated rings. The quantitative estimate of drug-likeness (QED) is 0.579. The summed E-state index contributed by atoms with van der Waals surface area (Å²) in [5, 5.41) is 3.37. The number of fused-ring (bicyclic) bond motifs is 1. The number of carbonyl (C=O) groups excluding carboxylic acids is 3. The van der Waals surface area contributed by atoms with Crippen molar-refractivity contribution in [3.63, 3.8) is 0 Å². The number of nitrogens with zero attached hydrogens (tertiary/aromatic N) is 4. The lowest BCUT2D eigenvalue weighted by molar-refractivity contribution is -0.147. The van der Waals surface area contributed by atoms with Gasteiger partial charge in [0, 0.05) is 67.9 Å². The number of aromatic nitrogens is 2. The van der Waals surface area contributed by atoms with E-state index in [1.54, 1.807) is 25.6 Å². The van der Waals surface area contributed by atoms with Crippen molar-refractivity contribution in [1.82, 2.24) is 25.1 Å².